The van der Waals surface area contributed by atoms with Crippen molar-refractivity contribution < 1.29 is 14.0 Å². The number of carbonyl (C=O) groups is 2. The van der Waals surface area contributed by atoms with Gasteiger partial charge in [0.05, 0.1) is 0 Å². The van der Waals surface area contributed by atoms with E-state index in [0.29, 0.717) is 50.0 Å². The lowest BCUT2D eigenvalue weighted by Gasteiger charge is -2.32. The Bertz CT molecular complexity index is 1220. The standard InChI is InChI=1S/C30H32FN3O2/c31-28-8-4-3-6-23(28)13-17-32-29(35)24-15-18-33(19-16-24)30(36)25-9-11-27(12-10-25)34-20-14-22-5-1-2-7-26(22)21-34/h1-12,24H,13-21H2,(H,32,35). The molecule has 2 amide bonds. The number of hydrogen-bond acceptors (Lipinski definition) is 3. The third-order valence-corrected chi connectivity index (χ3v) is 7.41. The van der Waals surface area contributed by atoms with Crippen molar-refractivity contribution in [2.75, 3.05) is 31.1 Å². The molecular formula is C30H32FN3O2. The van der Waals surface area contributed by atoms with Gasteiger partial charge in [0.15, 0.2) is 0 Å². The molecule has 6 heteroatoms. The first-order chi connectivity index (χ1) is 17.6. The Morgan fingerprint density at radius 2 is 1.56 bits per heavy atom. The SMILES string of the molecule is O=C(NCCc1ccccc1F)C1CCN(C(=O)c2ccc(N3CCc4ccccc4C3)cc2)CC1. The predicted molar refractivity (Wildman–Crippen MR) is 139 cm³/mol. The summed E-state index contributed by atoms with van der Waals surface area (Å²) in [6.45, 7) is 3.40. The van der Waals surface area contributed by atoms with Crippen LogP contribution in [0.25, 0.3) is 0 Å². The topological polar surface area (TPSA) is 52.7 Å². The largest absolute Gasteiger partial charge is 0.367 e. The number of carbonyl (C=O) groups excluding carboxylic acids is 2. The zero-order valence-electron chi connectivity index (χ0n) is 20.5. The van der Waals surface area contributed by atoms with Crippen molar-refractivity contribution in [3.05, 3.63) is 101 Å². The molecule has 5 rings (SSSR count). The maximum Gasteiger partial charge on any atom is 0.253 e. The number of hydrogen-bond donors (Lipinski definition) is 1. The molecule has 0 aromatic heterocycles. The van der Waals surface area contributed by atoms with E-state index in [4.69, 9.17) is 0 Å². The van der Waals surface area contributed by atoms with Crippen LogP contribution in [-0.4, -0.2) is 42.9 Å². The third kappa shape index (κ3) is 5.43. The maximum absolute atomic E-state index is 13.7. The van der Waals surface area contributed by atoms with Crippen molar-refractivity contribution in [3.63, 3.8) is 0 Å². The number of anilines is 1. The summed E-state index contributed by atoms with van der Waals surface area (Å²) >= 11 is 0. The number of amides is 2. The highest BCUT2D eigenvalue weighted by atomic mass is 19.1. The van der Waals surface area contributed by atoms with E-state index >= 15 is 0 Å². The van der Waals surface area contributed by atoms with Crippen molar-refractivity contribution in [1.82, 2.24) is 10.2 Å². The van der Waals surface area contributed by atoms with Crippen LogP contribution in [0.15, 0.2) is 72.8 Å². The van der Waals surface area contributed by atoms with Crippen LogP contribution in [0.1, 0.15) is 39.9 Å². The van der Waals surface area contributed by atoms with E-state index in [1.807, 2.05) is 29.2 Å². The number of nitrogens with one attached hydrogen (secondary N) is 1. The van der Waals surface area contributed by atoms with E-state index < -0.39 is 0 Å². The number of piperidine rings is 1. The summed E-state index contributed by atoms with van der Waals surface area (Å²) in [7, 11) is 0. The summed E-state index contributed by atoms with van der Waals surface area (Å²) in [5.74, 6) is -0.346. The maximum atomic E-state index is 13.7. The van der Waals surface area contributed by atoms with Crippen LogP contribution in [-0.2, 0) is 24.2 Å². The molecule has 186 valence electrons. The van der Waals surface area contributed by atoms with Gasteiger partial charge in [-0.3, -0.25) is 9.59 Å². The molecule has 3 aromatic rings. The van der Waals surface area contributed by atoms with E-state index in [2.05, 4.69) is 34.5 Å². The summed E-state index contributed by atoms with van der Waals surface area (Å²) in [6.07, 6.45) is 2.78. The molecule has 0 saturated carbocycles. The zero-order valence-corrected chi connectivity index (χ0v) is 20.5. The Balaban J connectivity index is 1.09. The summed E-state index contributed by atoms with van der Waals surface area (Å²) < 4.78 is 13.7. The van der Waals surface area contributed by atoms with Crippen molar-refractivity contribution >= 4 is 17.5 Å². The van der Waals surface area contributed by atoms with Gasteiger partial charge in [-0.25, -0.2) is 4.39 Å². The fraction of sp³-hybridized carbons (Fsp3) is 0.333. The molecule has 0 atom stereocenters. The Kier molecular flexibility index (Phi) is 7.31. The molecule has 2 heterocycles. The molecule has 2 aliphatic heterocycles. The second-order valence-corrected chi connectivity index (χ2v) is 9.69. The Morgan fingerprint density at radius 1 is 0.861 bits per heavy atom. The number of likely N-dealkylation sites (tertiary alicyclic amines) is 1. The van der Waals surface area contributed by atoms with Crippen LogP contribution in [0.3, 0.4) is 0 Å². The van der Waals surface area contributed by atoms with Crippen molar-refractivity contribution in [2.24, 2.45) is 5.92 Å². The predicted octanol–water partition coefficient (Wildman–Crippen LogP) is 4.60. The fourth-order valence-corrected chi connectivity index (χ4v) is 5.22. The van der Waals surface area contributed by atoms with Gasteiger partial charge in [0.1, 0.15) is 5.82 Å². The Labute approximate surface area is 211 Å². The van der Waals surface area contributed by atoms with Gasteiger partial charge >= 0.3 is 0 Å². The summed E-state index contributed by atoms with van der Waals surface area (Å²) in [5, 5.41) is 2.93. The lowest BCUT2D eigenvalue weighted by Crippen LogP contribution is -2.43. The minimum absolute atomic E-state index is 0.00843. The number of fused-ring (bicyclic) bond motifs is 1. The first-order valence-corrected chi connectivity index (χ1v) is 12.8. The molecule has 1 saturated heterocycles. The fourth-order valence-electron chi connectivity index (χ4n) is 5.22. The van der Waals surface area contributed by atoms with Crippen LogP contribution < -0.4 is 10.2 Å². The summed E-state index contributed by atoms with van der Waals surface area (Å²) in [5.41, 5.74) is 5.20. The van der Waals surface area contributed by atoms with Gasteiger partial charge in [0.2, 0.25) is 5.91 Å². The lowest BCUT2D eigenvalue weighted by molar-refractivity contribution is -0.126. The van der Waals surface area contributed by atoms with Crippen LogP contribution in [0.4, 0.5) is 10.1 Å². The minimum atomic E-state index is -0.243. The van der Waals surface area contributed by atoms with Gasteiger partial charge in [-0.2, -0.15) is 0 Å². The first kappa shape index (κ1) is 24.0. The Morgan fingerprint density at radius 3 is 2.31 bits per heavy atom. The molecule has 0 aliphatic carbocycles. The van der Waals surface area contributed by atoms with Gasteiger partial charge in [-0.15, -0.1) is 0 Å². The van der Waals surface area contributed by atoms with E-state index in [9.17, 15) is 14.0 Å². The highest BCUT2D eigenvalue weighted by Gasteiger charge is 2.28. The van der Waals surface area contributed by atoms with Gasteiger partial charge in [0.25, 0.3) is 5.91 Å². The smallest absolute Gasteiger partial charge is 0.253 e. The molecule has 5 nitrogen and oxygen atoms in total. The number of rotatable bonds is 6. The minimum Gasteiger partial charge on any atom is -0.367 e. The van der Waals surface area contributed by atoms with Gasteiger partial charge in [-0.05, 0) is 72.7 Å². The molecule has 3 aromatic carbocycles. The summed E-state index contributed by atoms with van der Waals surface area (Å²) in [4.78, 5) is 29.8. The molecular weight excluding hydrogens is 453 g/mol. The zero-order chi connectivity index (χ0) is 24.9. The average Bonchev–Trinajstić information content (AvgIpc) is 2.93. The number of nitrogens with zero attached hydrogens (tertiary/aromatic N) is 2. The summed E-state index contributed by atoms with van der Waals surface area (Å²) in [6, 6.07) is 23.1. The van der Waals surface area contributed by atoms with E-state index in [-0.39, 0.29) is 23.5 Å². The normalized spacial score (nSPS) is 15.9. The van der Waals surface area contributed by atoms with Crippen molar-refractivity contribution in [2.45, 2.75) is 32.2 Å². The van der Waals surface area contributed by atoms with E-state index in [1.54, 1.807) is 18.2 Å². The molecule has 0 spiro atoms. The molecule has 36 heavy (non-hydrogen) atoms. The van der Waals surface area contributed by atoms with Gasteiger partial charge in [0, 0.05) is 49.9 Å². The molecule has 0 unspecified atom stereocenters. The van der Waals surface area contributed by atoms with Crippen LogP contribution in [0.2, 0.25) is 0 Å². The second kappa shape index (κ2) is 10.9. The quantitative estimate of drug-likeness (QED) is 0.555. The molecule has 1 fully saturated rings. The second-order valence-electron chi connectivity index (χ2n) is 9.69. The number of halogens is 1. The average molecular weight is 486 g/mol. The molecule has 0 bridgehead atoms. The third-order valence-electron chi connectivity index (χ3n) is 7.41. The van der Waals surface area contributed by atoms with E-state index in [0.717, 1.165) is 25.2 Å². The molecule has 2 aliphatic rings. The Hall–Kier alpha value is -3.67. The molecule has 1 N–H and O–H groups in total. The highest BCUT2D eigenvalue weighted by molar-refractivity contribution is 5.94. The van der Waals surface area contributed by atoms with Gasteiger partial charge < -0.3 is 15.1 Å². The van der Waals surface area contributed by atoms with Crippen LogP contribution in [0.5, 0.6) is 0 Å². The molecule has 0 radical (unpaired) electrons. The lowest BCUT2D eigenvalue weighted by atomic mass is 9.95. The van der Waals surface area contributed by atoms with Crippen molar-refractivity contribution in [3.8, 4) is 0 Å². The number of benzene rings is 3. The first-order valence-electron chi connectivity index (χ1n) is 12.8. The highest BCUT2D eigenvalue weighted by Crippen LogP contribution is 2.26. The van der Waals surface area contributed by atoms with Crippen LogP contribution >= 0.6 is 0 Å². The van der Waals surface area contributed by atoms with E-state index in [1.165, 1.54) is 17.2 Å². The van der Waals surface area contributed by atoms with Crippen LogP contribution in [0, 0.1) is 11.7 Å². The van der Waals surface area contributed by atoms with Gasteiger partial charge in [-0.1, -0.05) is 42.5 Å². The monoisotopic (exact) mass is 485 g/mol. The van der Waals surface area contributed by atoms with Crippen molar-refractivity contribution in [1.29, 1.82) is 0 Å².